The summed E-state index contributed by atoms with van der Waals surface area (Å²) in [7, 11) is 1.96. The zero-order valence-electron chi connectivity index (χ0n) is 30.0. The molecule has 0 aliphatic carbocycles. The molecule has 53 heavy (non-hydrogen) atoms. The second-order valence-corrected chi connectivity index (χ2v) is 13.1. The van der Waals surface area contributed by atoms with Gasteiger partial charge >= 0.3 is 0 Å². The van der Waals surface area contributed by atoms with Gasteiger partial charge in [-0.15, -0.1) is 0 Å². The van der Waals surface area contributed by atoms with Crippen molar-refractivity contribution in [2.45, 2.75) is 13.8 Å². The molecular formula is C48H39N5. The number of nitrogens with one attached hydrogen (secondary N) is 2. The highest BCUT2D eigenvalue weighted by atomic mass is 15.0. The second-order valence-electron chi connectivity index (χ2n) is 13.1. The Morgan fingerprint density at radius 3 is 1.66 bits per heavy atom. The van der Waals surface area contributed by atoms with Crippen LogP contribution in [0.2, 0.25) is 0 Å². The van der Waals surface area contributed by atoms with Gasteiger partial charge in [0.25, 0.3) is 0 Å². The molecular weight excluding hydrogens is 647 g/mol. The van der Waals surface area contributed by atoms with Crippen LogP contribution in [0.1, 0.15) is 11.1 Å². The number of benzene rings is 7. The summed E-state index contributed by atoms with van der Waals surface area (Å²) >= 11 is 0. The number of rotatable bonds is 9. The zero-order valence-corrected chi connectivity index (χ0v) is 30.0. The van der Waals surface area contributed by atoms with Crippen LogP contribution >= 0.6 is 0 Å². The van der Waals surface area contributed by atoms with Crippen molar-refractivity contribution in [3.05, 3.63) is 181 Å². The summed E-state index contributed by atoms with van der Waals surface area (Å²) < 4.78 is 0. The minimum Gasteiger partial charge on any atom is -0.386 e. The third-order valence-electron chi connectivity index (χ3n) is 9.58. The third-order valence-corrected chi connectivity index (χ3v) is 9.58. The predicted molar refractivity (Wildman–Crippen MR) is 221 cm³/mol. The molecule has 0 saturated carbocycles. The number of hydrogen-bond acceptors (Lipinski definition) is 5. The Morgan fingerprint density at radius 1 is 0.377 bits per heavy atom. The van der Waals surface area contributed by atoms with Gasteiger partial charge in [0.1, 0.15) is 0 Å². The van der Waals surface area contributed by atoms with E-state index in [1.807, 2.05) is 49.5 Å². The largest absolute Gasteiger partial charge is 0.386 e. The Kier molecular flexibility index (Phi) is 9.29. The van der Waals surface area contributed by atoms with Gasteiger partial charge in [-0.3, -0.25) is 0 Å². The Morgan fingerprint density at radius 2 is 0.925 bits per heavy atom. The summed E-state index contributed by atoms with van der Waals surface area (Å²) in [5, 5.41) is 7.02. The van der Waals surface area contributed by atoms with E-state index in [0.717, 1.165) is 67.1 Å². The molecule has 8 aromatic rings. The fourth-order valence-electron chi connectivity index (χ4n) is 6.89. The molecule has 0 saturated heterocycles. The summed E-state index contributed by atoms with van der Waals surface area (Å²) in [5.41, 5.74) is 15.0. The monoisotopic (exact) mass is 685 g/mol. The van der Waals surface area contributed by atoms with E-state index in [9.17, 15) is 0 Å². The van der Waals surface area contributed by atoms with Gasteiger partial charge in [-0.25, -0.2) is 15.0 Å². The molecule has 0 spiro atoms. The van der Waals surface area contributed by atoms with Crippen LogP contribution in [0.4, 0.5) is 17.1 Å². The fourth-order valence-corrected chi connectivity index (χ4v) is 6.89. The minimum atomic E-state index is 0.641. The molecule has 256 valence electrons. The van der Waals surface area contributed by atoms with E-state index in [2.05, 4.69) is 152 Å². The highest BCUT2D eigenvalue weighted by Crippen LogP contribution is 2.37. The lowest BCUT2D eigenvalue weighted by Crippen LogP contribution is -2.02. The van der Waals surface area contributed by atoms with Crippen LogP contribution in [0.25, 0.3) is 67.5 Å². The molecule has 0 atom stereocenters. The Balaban J connectivity index is 1.15. The topological polar surface area (TPSA) is 62.7 Å². The lowest BCUT2D eigenvalue weighted by atomic mass is 9.95. The number of aryl methyl sites for hydroxylation is 2. The van der Waals surface area contributed by atoms with Crippen LogP contribution in [-0.2, 0) is 0 Å². The van der Waals surface area contributed by atoms with E-state index in [4.69, 9.17) is 15.0 Å². The Labute approximate surface area is 311 Å². The average Bonchev–Trinajstić information content (AvgIpc) is 3.21. The Bertz CT molecular complexity index is 2520. The fraction of sp³-hybridized carbons (Fsp3) is 0.0625. The SMILES string of the molecule is CNc1cc(-c2ccccc2)ccc1Nc1cccc(-c2cccc(-c3ccccc3-c3nc(-c4ccccc4)nc(-c4c(C)cccc4C)n3)c2)c1. The third kappa shape index (κ3) is 7.06. The Hall–Kier alpha value is -6.85. The smallest absolute Gasteiger partial charge is 0.164 e. The van der Waals surface area contributed by atoms with Gasteiger partial charge in [0.2, 0.25) is 0 Å². The van der Waals surface area contributed by atoms with Crippen LogP contribution in [-0.4, -0.2) is 22.0 Å². The number of aromatic nitrogens is 3. The first-order valence-electron chi connectivity index (χ1n) is 17.9. The van der Waals surface area contributed by atoms with Crippen molar-refractivity contribution >= 4 is 17.1 Å². The van der Waals surface area contributed by atoms with Crippen molar-refractivity contribution in [1.29, 1.82) is 0 Å². The first-order chi connectivity index (χ1) is 26.0. The van der Waals surface area contributed by atoms with Gasteiger partial charge in [-0.1, -0.05) is 140 Å². The minimum absolute atomic E-state index is 0.641. The molecule has 0 aliphatic rings. The quantitative estimate of drug-likeness (QED) is 0.158. The number of hydrogen-bond donors (Lipinski definition) is 2. The number of anilines is 3. The van der Waals surface area contributed by atoms with Crippen molar-refractivity contribution in [2.24, 2.45) is 0 Å². The van der Waals surface area contributed by atoms with E-state index in [0.29, 0.717) is 17.5 Å². The van der Waals surface area contributed by atoms with E-state index < -0.39 is 0 Å². The van der Waals surface area contributed by atoms with Crippen molar-refractivity contribution in [3.8, 4) is 67.5 Å². The standard InChI is InChI=1S/C48H39N5/c1-32-15-12-16-33(2)45(32)48-52-46(35-19-8-5-9-20-35)51-47(53-48)42-26-11-10-25-41(42)39-23-13-21-36(29-39)37-22-14-24-40(30-37)50-43-28-27-38(31-44(43)49-3)34-17-6-4-7-18-34/h4-31,49-50H,1-3H3. The summed E-state index contributed by atoms with van der Waals surface area (Å²) in [6.07, 6.45) is 0. The maximum absolute atomic E-state index is 5.14. The van der Waals surface area contributed by atoms with E-state index >= 15 is 0 Å². The van der Waals surface area contributed by atoms with Gasteiger partial charge in [-0.2, -0.15) is 0 Å². The number of nitrogens with zero attached hydrogens (tertiary/aromatic N) is 3. The normalized spacial score (nSPS) is 10.9. The molecule has 1 heterocycles. The van der Waals surface area contributed by atoms with Crippen LogP contribution in [0.3, 0.4) is 0 Å². The summed E-state index contributed by atoms with van der Waals surface area (Å²) in [4.78, 5) is 15.2. The zero-order chi connectivity index (χ0) is 36.1. The summed E-state index contributed by atoms with van der Waals surface area (Å²) in [5.74, 6) is 1.97. The molecule has 2 N–H and O–H groups in total. The lowest BCUT2D eigenvalue weighted by molar-refractivity contribution is 1.07. The lowest BCUT2D eigenvalue weighted by Gasteiger charge is -2.15. The summed E-state index contributed by atoms with van der Waals surface area (Å²) in [6, 6.07) is 59.0. The van der Waals surface area contributed by atoms with Crippen molar-refractivity contribution in [2.75, 3.05) is 17.7 Å². The maximum Gasteiger partial charge on any atom is 0.164 e. The first kappa shape index (κ1) is 33.3. The first-order valence-corrected chi connectivity index (χ1v) is 17.9. The molecule has 7 aromatic carbocycles. The van der Waals surface area contributed by atoms with E-state index in [1.54, 1.807) is 0 Å². The molecule has 0 aliphatic heterocycles. The molecule has 0 radical (unpaired) electrons. The van der Waals surface area contributed by atoms with Crippen molar-refractivity contribution < 1.29 is 0 Å². The average molecular weight is 686 g/mol. The molecule has 1 aromatic heterocycles. The van der Waals surface area contributed by atoms with E-state index in [-0.39, 0.29) is 0 Å². The van der Waals surface area contributed by atoms with Gasteiger partial charge in [0.05, 0.1) is 11.4 Å². The highest BCUT2D eigenvalue weighted by Gasteiger charge is 2.18. The molecule has 0 bridgehead atoms. The van der Waals surface area contributed by atoms with Gasteiger partial charge < -0.3 is 10.6 Å². The summed E-state index contributed by atoms with van der Waals surface area (Å²) in [6.45, 7) is 4.22. The van der Waals surface area contributed by atoms with Crippen molar-refractivity contribution in [1.82, 2.24) is 15.0 Å². The molecule has 5 nitrogen and oxygen atoms in total. The van der Waals surface area contributed by atoms with Gasteiger partial charge in [-0.05, 0) is 88.7 Å². The molecule has 8 rings (SSSR count). The van der Waals surface area contributed by atoms with Gasteiger partial charge in [0.15, 0.2) is 17.5 Å². The van der Waals surface area contributed by atoms with E-state index in [1.165, 1.54) is 11.1 Å². The highest BCUT2D eigenvalue weighted by molar-refractivity contribution is 5.85. The molecule has 5 heteroatoms. The maximum atomic E-state index is 5.14. The van der Waals surface area contributed by atoms with Crippen LogP contribution in [0.15, 0.2) is 170 Å². The second kappa shape index (κ2) is 14.8. The molecule has 0 unspecified atom stereocenters. The predicted octanol–water partition coefficient (Wildman–Crippen LogP) is 12.3. The van der Waals surface area contributed by atoms with Crippen LogP contribution < -0.4 is 10.6 Å². The molecule has 0 amide bonds. The molecule has 0 fully saturated rings. The van der Waals surface area contributed by atoms with Crippen LogP contribution in [0, 0.1) is 13.8 Å². The van der Waals surface area contributed by atoms with Crippen molar-refractivity contribution in [3.63, 3.8) is 0 Å². The van der Waals surface area contributed by atoms with Crippen LogP contribution in [0.5, 0.6) is 0 Å². The van der Waals surface area contributed by atoms with Gasteiger partial charge in [0, 0.05) is 29.4 Å².